The monoisotopic (exact) mass is 1020 g/mol. The SMILES string of the molecule is CN1N(Cc2ccc(OCCOCCOCCOCCNC(=O)C(O)C(O)C(O)CCO)c(F)c2F)C(=O)C(C(=O)CCCc2ccc(C(F)(F)F)cc2-c2cc(C(F)(F)F)ncn2)=C(O)C12CCCC2. The smallest absolute Gasteiger partial charge is 0.433 e. The van der Waals surface area contributed by atoms with Gasteiger partial charge in [0.05, 0.1) is 69.1 Å². The molecule has 71 heavy (non-hydrogen) atoms. The molecule has 3 atom stereocenters. The zero-order valence-corrected chi connectivity index (χ0v) is 38.4. The number of carbonyl (C=O) groups excluding carboxylic acids is 3. The lowest BCUT2D eigenvalue weighted by Gasteiger charge is -2.48. The summed E-state index contributed by atoms with van der Waals surface area (Å²) in [5, 5.41) is 54.2. The van der Waals surface area contributed by atoms with Gasteiger partial charge in [-0.15, -0.1) is 0 Å². The molecule has 3 aromatic rings. The number of carbonyl (C=O) groups is 3. The number of hydrogen-bond acceptors (Lipinski definition) is 15. The van der Waals surface area contributed by atoms with Crippen molar-refractivity contribution >= 4 is 17.6 Å². The fourth-order valence-corrected chi connectivity index (χ4v) is 8.10. The number of amides is 2. The lowest BCUT2D eigenvalue weighted by atomic mass is 9.86. The maximum absolute atomic E-state index is 15.6. The maximum atomic E-state index is 15.6. The van der Waals surface area contributed by atoms with Gasteiger partial charge in [-0.25, -0.2) is 19.4 Å². The number of halogens is 8. The van der Waals surface area contributed by atoms with Crippen LogP contribution in [0.15, 0.2) is 54.1 Å². The Morgan fingerprint density at radius 2 is 1.48 bits per heavy atom. The molecule has 2 aromatic carbocycles. The number of aromatic nitrogens is 2. The molecule has 392 valence electrons. The van der Waals surface area contributed by atoms with Crippen molar-refractivity contribution < 1.29 is 94.0 Å². The van der Waals surface area contributed by atoms with Crippen molar-refractivity contribution in [2.45, 2.75) is 94.1 Å². The number of aryl methyl sites for hydroxylation is 1. The van der Waals surface area contributed by atoms with Crippen molar-refractivity contribution in [2.24, 2.45) is 0 Å². The van der Waals surface area contributed by atoms with Gasteiger partial charge in [0.1, 0.15) is 36.1 Å². The minimum Gasteiger partial charge on any atom is -0.509 e. The molecule has 0 bridgehead atoms. The molecule has 1 saturated carbocycles. The normalized spacial score (nSPS) is 16.7. The molecule has 2 aliphatic rings. The van der Waals surface area contributed by atoms with E-state index in [1.807, 2.05) is 0 Å². The number of aliphatic hydroxyl groups is 5. The molecule has 0 radical (unpaired) electrons. The number of rotatable bonds is 26. The summed E-state index contributed by atoms with van der Waals surface area (Å²) in [6, 6.07) is 5.29. The highest BCUT2D eigenvalue weighted by Crippen LogP contribution is 2.45. The lowest BCUT2D eigenvalue weighted by molar-refractivity contribution is -0.163. The topological polar surface area (TPSA) is 234 Å². The van der Waals surface area contributed by atoms with E-state index in [-0.39, 0.29) is 88.7 Å². The summed E-state index contributed by atoms with van der Waals surface area (Å²) in [7, 11) is 1.47. The highest BCUT2D eigenvalue weighted by atomic mass is 19.4. The number of hydrogen-bond donors (Lipinski definition) is 6. The number of aliphatic hydroxyl groups excluding tert-OH is 5. The predicted molar refractivity (Wildman–Crippen MR) is 232 cm³/mol. The second-order valence-corrected chi connectivity index (χ2v) is 16.6. The van der Waals surface area contributed by atoms with Gasteiger partial charge in [-0.2, -0.15) is 30.7 Å². The van der Waals surface area contributed by atoms with Crippen LogP contribution in [0.1, 0.15) is 67.3 Å². The Morgan fingerprint density at radius 1 is 0.845 bits per heavy atom. The second-order valence-electron chi connectivity index (χ2n) is 16.6. The van der Waals surface area contributed by atoms with Gasteiger partial charge in [-0.1, -0.05) is 25.0 Å². The van der Waals surface area contributed by atoms with Gasteiger partial charge >= 0.3 is 12.4 Å². The Balaban J connectivity index is 1.11. The third-order valence-corrected chi connectivity index (χ3v) is 12.0. The summed E-state index contributed by atoms with van der Waals surface area (Å²) in [4.78, 5) is 46.7. The van der Waals surface area contributed by atoms with E-state index in [4.69, 9.17) is 24.1 Å². The van der Waals surface area contributed by atoms with Crippen LogP contribution in [0.5, 0.6) is 5.75 Å². The first-order valence-corrected chi connectivity index (χ1v) is 22.5. The van der Waals surface area contributed by atoms with E-state index >= 15 is 8.78 Å². The lowest BCUT2D eigenvalue weighted by Crippen LogP contribution is -2.61. The van der Waals surface area contributed by atoms with E-state index in [2.05, 4.69) is 15.3 Å². The van der Waals surface area contributed by atoms with Crippen molar-refractivity contribution in [3.05, 3.63) is 88.1 Å². The minimum atomic E-state index is -4.92. The maximum Gasteiger partial charge on any atom is 0.433 e. The third kappa shape index (κ3) is 14.4. The van der Waals surface area contributed by atoms with Crippen LogP contribution < -0.4 is 10.1 Å². The Hall–Kier alpha value is -5.41. The Labute approximate surface area is 402 Å². The number of nitrogens with one attached hydrogen (secondary N) is 1. The quantitative estimate of drug-likeness (QED) is 0.0372. The molecule has 1 aromatic heterocycles. The van der Waals surface area contributed by atoms with Crippen LogP contribution in [0.2, 0.25) is 0 Å². The summed E-state index contributed by atoms with van der Waals surface area (Å²) < 4.78 is 134. The summed E-state index contributed by atoms with van der Waals surface area (Å²) in [6.45, 7) is -0.696. The fourth-order valence-electron chi connectivity index (χ4n) is 8.10. The zero-order valence-electron chi connectivity index (χ0n) is 38.4. The molecule has 17 nitrogen and oxygen atoms in total. The van der Waals surface area contributed by atoms with E-state index < -0.39 is 119 Å². The van der Waals surface area contributed by atoms with E-state index in [0.29, 0.717) is 44.1 Å². The van der Waals surface area contributed by atoms with Gasteiger partial charge < -0.3 is 49.8 Å². The molecule has 0 saturated heterocycles. The number of alkyl halides is 6. The molecule has 2 amide bonds. The second kappa shape index (κ2) is 25.3. The standard InChI is InChI=1S/C46H55F8N5O12/c1-58-44(12-2-3-13-44)41(65)36(32(61)6-4-5-27-7-9-29(45(49,50)51)23-30(27)31-24-35(46(52,53)54)57-26-56-31)43(67)59(58)25-28-8-10-34(38(48)37(28)47)71-22-21-70-20-19-69-18-17-68-16-14-55-42(66)40(64)39(63)33(62)11-15-60/h7-10,23-24,26,33,39-40,60,62-65H,2-6,11-22,25H2,1H3,(H,55,66). The molecule has 2 heterocycles. The number of benzene rings is 2. The van der Waals surface area contributed by atoms with E-state index in [0.717, 1.165) is 23.2 Å². The van der Waals surface area contributed by atoms with Gasteiger partial charge in [0.15, 0.2) is 23.5 Å². The first-order valence-electron chi connectivity index (χ1n) is 22.5. The molecule has 6 N–H and O–H groups in total. The number of ketones is 1. The van der Waals surface area contributed by atoms with E-state index in [1.165, 1.54) is 18.1 Å². The third-order valence-electron chi connectivity index (χ3n) is 12.0. The van der Waals surface area contributed by atoms with Crippen LogP contribution in [0.4, 0.5) is 35.1 Å². The average Bonchev–Trinajstić information content (AvgIpc) is 3.83. The molecule has 1 aliphatic carbocycles. The Bertz CT molecular complexity index is 2330. The molecular formula is C46H55F8N5O12. The van der Waals surface area contributed by atoms with Gasteiger partial charge in [-0.3, -0.25) is 19.4 Å². The summed E-state index contributed by atoms with van der Waals surface area (Å²) >= 11 is 0. The largest absolute Gasteiger partial charge is 0.509 e. The fraction of sp³-hybridized carbons (Fsp3) is 0.543. The van der Waals surface area contributed by atoms with Crippen LogP contribution in [-0.2, 0) is 53.9 Å². The van der Waals surface area contributed by atoms with Crippen molar-refractivity contribution in [2.75, 3.05) is 66.4 Å². The van der Waals surface area contributed by atoms with E-state index in [9.17, 15) is 61.2 Å². The van der Waals surface area contributed by atoms with Crippen LogP contribution >= 0.6 is 0 Å². The molecule has 5 rings (SSSR count). The molecular weight excluding hydrogens is 967 g/mol. The highest BCUT2D eigenvalue weighted by molar-refractivity contribution is 6.20. The van der Waals surface area contributed by atoms with Crippen molar-refractivity contribution in [3.8, 4) is 17.0 Å². The van der Waals surface area contributed by atoms with Gasteiger partial charge in [0.2, 0.25) is 5.82 Å². The first kappa shape index (κ1) is 56.5. The number of likely N-dealkylation sites (N-methyl/N-ethyl adjacent to an activating group) is 1. The summed E-state index contributed by atoms with van der Waals surface area (Å²) in [6.07, 6.45) is -13.6. The van der Waals surface area contributed by atoms with Crippen LogP contribution in [0.25, 0.3) is 11.3 Å². The molecule has 1 aliphatic heterocycles. The average molecular weight is 1020 g/mol. The van der Waals surface area contributed by atoms with E-state index in [1.54, 1.807) is 0 Å². The summed E-state index contributed by atoms with van der Waals surface area (Å²) in [5.41, 5.74) is -5.31. The molecule has 3 unspecified atom stereocenters. The molecule has 1 spiro atoms. The molecule has 1 fully saturated rings. The highest BCUT2D eigenvalue weighted by Gasteiger charge is 2.52. The number of hydrazine groups is 1. The van der Waals surface area contributed by atoms with Crippen molar-refractivity contribution in [1.82, 2.24) is 25.3 Å². The van der Waals surface area contributed by atoms with Gasteiger partial charge in [0, 0.05) is 37.7 Å². The van der Waals surface area contributed by atoms with Crippen LogP contribution in [-0.4, -0.2) is 153 Å². The van der Waals surface area contributed by atoms with Gasteiger partial charge in [0.25, 0.3) is 11.8 Å². The minimum absolute atomic E-state index is 0.0106. The number of nitrogens with zero attached hydrogens (tertiary/aromatic N) is 4. The van der Waals surface area contributed by atoms with Crippen molar-refractivity contribution in [1.29, 1.82) is 0 Å². The number of Topliss-reactive ketones (excluding diaryl/α,β-unsaturated/α-hetero) is 1. The van der Waals surface area contributed by atoms with Crippen LogP contribution in [0, 0.1) is 11.6 Å². The molecule has 25 heteroatoms. The Morgan fingerprint density at radius 3 is 2.11 bits per heavy atom. The zero-order chi connectivity index (χ0) is 52.1. The van der Waals surface area contributed by atoms with Crippen molar-refractivity contribution in [3.63, 3.8) is 0 Å². The predicted octanol–water partition coefficient (Wildman–Crippen LogP) is 4.38. The van der Waals surface area contributed by atoms with Gasteiger partial charge in [-0.05, 0) is 61.9 Å². The number of ether oxygens (including phenoxy) is 4. The first-order chi connectivity index (χ1) is 33.6. The summed E-state index contributed by atoms with van der Waals surface area (Å²) in [5.74, 6) is -6.49. The van der Waals surface area contributed by atoms with Crippen LogP contribution in [0.3, 0.4) is 0 Å². The Kier molecular flexibility index (Phi) is 20.1.